The molecule has 0 fully saturated rings. The standard InChI is InChI=1S/C5H12N4O/c1-10-4-2-3-5(6)8-9-7/h2-4H2,1H3,(H3,6,7,8). The summed E-state index contributed by atoms with van der Waals surface area (Å²) in [6.07, 6.45) is 1.46. The van der Waals surface area contributed by atoms with Crippen molar-refractivity contribution < 1.29 is 4.74 Å². The highest BCUT2D eigenvalue weighted by atomic mass is 16.5. The van der Waals surface area contributed by atoms with E-state index in [1.807, 2.05) is 0 Å². The second-order valence-electron chi connectivity index (χ2n) is 1.79. The molecule has 0 aromatic rings. The lowest BCUT2D eigenvalue weighted by Crippen LogP contribution is -2.11. The van der Waals surface area contributed by atoms with Crippen molar-refractivity contribution in [1.29, 1.82) is 5.53 Å². The van der Waals surface area contributed by atoms with E-state index < -0.39 is 0 Å². The normalized spacial score (nSPS) is 11.5. The van der Waals surface area contributed by atoms with Crippen LogP contribution in [0.4, 0.5) is 0 Å². The summed E-state index contributed by atoms with van der Waals surface area (Å²) in [5.41, 5.74) is 11.6. The molecule has 0 rings (SSSR count). The summed E-state index contributed by atoms with van der Waals surface area (Å²) in [5.74, 6) is 0.382. The molecule has 0 radical (unpaired) electrons. The summed E-state index contributed by atoms with van der Waals surface area (Å²) >= 11 is 0. The first-order valence-electron chi connectivity index (χ1n) is 2.99. The Hall–Kier alpha value is -0.970. The fourth-order valence-electron chi connectivity index (χ4n) is 0.512. The zero-order chi connectivity index (χ0) is 7.82. The molecule has 0 aliphatic rings. The number of nitrogens with one attached hydrogen (secondary N) is 1. The number of rotatable bonds is 5. The van der Waals surface area contributed by atoms with Crippen molar-refractivity contribution in [2.75, 3.05) is 13.7 Å². The molecule has 0 saturated heterocycles. The molecule has 58 valence electrons. The van der Waals surface area contributed by atoms with Crippen LogP contribution < -0.4 is 5.73 Å². The van der Waals surface area contributed by atoms with Gasteiger partial charge in [-0.2, -0.15) is 5.53 Å². The molecular weight excluding hydrogens is 132 g/mol. The van der Waals surface area contributed by atoms with Crippen LogP contribution in [-0.2, 0) is 4.74 Å². The molecule has 0 aliphatic carbocycles. The molecule has 0 heterocycles. The Morgan fingerprint density at radius 2 is 2.40 bits per heavy atom. The minimum atomic E-state index is 0.382. The van der Waals surface area contributed by atoms with Gasteiger partial charge in [-0.25, -0.2) is 0 Å². The van der Waals surface area contributed by atoms with Gasteiger partial charge in [-0.1, -0.05) is 5.22 Å². The van der Waals surface area contributed by atoms with Gasteiger partial charge in [-0.15, -0.1) is 5.10 Å². The average Bonchev–Trinajstić information content (AvgIpc) is 1.89. The van der Waals surface area contributed by atoms with Gasteiger partial charge < -0.3 is 10.5 Å². The zero-order valence-electron chi connectivity index (χ0n) is 6.00. The Balaban J connectivity index is 3.29. The summed E-state index contributed by atoms with van der Waals surface area (Å²) in [7, 11) is 1.63. The molecule has 3 N–H and O–H groups in total. The number of hydrogen-bond donors (Lipinski definition) is 2. The zero-order valence-corrected chi connectivity index (χ0v) is 6.00. The number of nitrogens with zero attached hydrogens (tertiary/aromatic N) is 2. The van der Waals surface area contributed by atoms with Crippen LogP contribution in [0.15, 0.2) is 10.3 Å². The van der Waals surface area contributed by atoms with E-state index in [2.05, 4.69) is 10.3 Å². The average molecular weight is 144 g/mol. The summed E-state index contributed by atoms with van der Waals surface area (Å²) in [6, 6.07) is 0. The quantitative estimate of drug-likeness (QED) is 0.196. The predicted octanol–water partition coefficient (Wildman–Crippen LogP) is 0.716. The molecule has 5 nitrogen and oxygen atoms in total. The van der Waals surface area contributed by atoms with Crippen LogP contribution in [0.25, 0.3) is 0 Å². The Kier molecular flexibility index (Phi) is 5.56. The Morgan fingerprint density at radius 1 is 1.70 bits per heavy atom. The molecule has 0 bridgehead atoms. The second-order valence-corrected chi connectivity index (χ2v) is 1.79. The summed E-state index contributed by atoms with van der Waals surface area (Å²) in [5, 5.41) is 6.11. The van der Waals surface area contributed by atoms with Gasteiger partial charge in [-0.05, 0) is 6.42 Å². The van der Waals surface area contributed by atoms with Crippen molar-refractivity contribution in [2.24, 2.45) is 16.1 Å². The van der Waals surface area contributed by atoms with Gasteiger partial charge in [0.2, 0.25) is 0 Å². The van der Waals surface area contributed by atoms with Gasteiger partial charge >= 0.3 is 0 Å². The van der Waals surface area contributed by atoms with E-state index in [1.54, 1.807) is 7.11 Å². The van der Waals surface area contributed by atoms with Crippen molar-refractivity contribution in [3.05, 3.63) is 0 Å². The monoisotopic (exact) mass is 144 g/mol. The topological polar surface area (TPSA) is 83.8 Å². The third-order valence-electron chi connectivity index (χ3n) is 0.960. The van der Waals surface area contributed by atoms with Crippen molar-refractivity contribution in [3.8, 4) is 0 Å². The molecule has 0 aliphatic heterocycles. The molecule has 0 unspecified atom stereocenters. The lowest BCUT2D eigenvalue weighted by Gasteiger charge is -1.96. The predicted molar refractivity (Wildman–Crippen MR) is 37.9 cm³/mol. The third kappa shape index (κ3) is 5.17. The van der Waals surface area contributed by atoms with Crippen molar-refractivity contribution in [1.82, 2.24) is 0 Å². The van der Waals surface area contributed by atoms with E-state index in [1.165, 1.54) is 0 Å². The van der Waals surface area contributed by atoms with E-state index in [-0.39, 0.29) is 0 Å². The number of nitrogens with two attached hydrogens (primary N) is 1. The summed E-state index contributed by atoms with van der Waals surface area (Å²) in [6.45, 7) is 0.661. The van der Waals surface area contributed by atoms with Crippen LogP contribution in [0.3, 0.4) is 0 Å². The Bertz CT molecular complexity index is 123. The number of hydrogen-bond acceptors (Lipinski definition) is 3. The van der Waals surface area contributed by atoms with E-state index in [0.29, 0.717) is 18.9 Å². The molecule has 5 heteroatoms. The highest BCUT2D eigenvalue weighted by molar-refractivity contribution is 5.79. The third-order valence-corrected chi connectivity index (χ3v) is 0.960. The van der Waals surface area contributed by atoms with E-state index >= 15 is 0 Å². The van der Waals surface area contributed by atoms with Gasteiger partial charge in [-0.3, -0.25) is 0 Å². The van der Waals surface area contributed by atoms with E-state index in [9.17, 15) is 0 Å². The second kappa shape index (κ2) is 6.15. The Morgan fingerprint density at radius 3 is 2.90 bits per heavy atom. The first kappa shape index (κ1) is 9.03. The van der Waals surface area contributed by atoms with Crippen LogP contribution in [-0.4, -0.2) is 19.6 Å². The fourth-order valence-corrected chi connectivity index (χ4v) is 0.512. The molecule has 0 amide bonds. The van der Waals surface area contributed by atoms with Crippen LogP contribution in [0.2, 0.25) is 0 Å². The number of ether oxygens (including phenoxy) is 1. The van der Waals surface area contributed by atoms with Gasteiger partial charge in [0.25, 0.3) is 0 Å². The summed E-state index contributed by atoms with van der Waals surface area (Å²) in [4.78, 5) is 0. The summed E-state index contributed by atoms with van der Waals surface area (Å²) < 4.78 is 4.78. The number of amidine groups is 1. The molecule has 0 aromatic carbocycles. The van der Waals surface area contributed by atoms with Gasteiger partial charge in [0.05, 0.1) is 0 Å². The van der Waals surface area contributed by atoms with Crippen LogP contribution in [0.1, 0.15) is 12.8 Å². The van der Waals surface area contributed by atoms with Crippen LogP contribution in [0, 0.1) is 5.53 Å². The minimum absolute atomic E-state index is 0.382. The van der Waals surface area contributed by atoms with Crippen LogP contribution in [0.5, 0.6) is 0 Å². The molecule has 10 heavy (non-hydrogen) atoms. The maximum atomic E-state index is 6.34. The van der Waals surface area contributed by atoms with Crippen molar-refractivity contribution in [3.63, 3.8) is 0 Å². The van der Waals surface area contributed by atoms with Gasteiger partial charge in [0.15, 0.2) is 0 Å². The van der Waals surface area contributed by atoms with E-state index in [0.717, 1.165) is 6.42 Å². The number of methoxy groups -OCH3 is 1. The highest BCUT2D eigenvalue weighted by Crippen LogP contribution is 1.89. The van der Waals surface area contributed by atoms with E-state index in [4.69, 9.17) is 16.0 Å². The first-order valence-corrected chi connectivity index (χ1v) is 2.99. The van der Waals surface area contributed by atoms with Gasteiger partial charge in [0.1, 0.15) is 5.84 Å². The first-order chi connectivity index (χ1) is 4.81. The Labute approximate surface area is 59.8 Å². The maximum Gasteiger partial charge on any atom is 0.124 e. The van der Waals surface area contributed by atoms with Gasteiger partial charge in [0, 0.05) is 20.1 Å². The fraction of sp³-hybridized carbons (Fsp3) is 0.800. The molecule has 0 spiro atoms. The molecule has 0 saturated carbocycles. The smallest absolute Gasteiger partial charge is 0.124 e. The van der Waals surface area contributed by atoms with Crippen molar-refractivity contribution >= 4 is 5.84 Å². The molecule has 0 aromatic heterocycles. The largest absolute Gasteiger partial charge is 0.386 e. The van der Waals surface area contributed by atoms with Crippen molar-refractivity contribution in [2.45, 2.75) is 12.8 Å². The molecule has 0 atom stereocenters. The highest BCUT2D eigenvalue weighted by Gasteiger charge is 1.90. The minimum Gasteiger partial charge on any atom is -0.386 e. The molecular formula is C5H12N4O. The lowest BCUT2D eigenvalue weighted by atomic mass is 10.3. The SMILES string of the molecule is COCCCC(N)=NN=N. The maximum absolute atomic E-state index is 6.34. The lowest BCUT2D eigenvalue weighted by molar-refractivity contribution is 0.196. The van der Waals surface area contributed by atoms with Crippen LogP contribution >= 0.6 is 0 Å².